The molecule has 10 heteroatoms. The number of aromatic amines is 1. The molecule has 2 amide bonds. The Balaban J connectivity index is 1.17. The van der Waals surface area contributed by atoms with Gasteiger partial charge in [-0.05, 0) is 23.2 Å². The summed E-state index contributed by atoms with van der Waals surface area (Å²) in [4.78, 5) is 54.0. The second-order valence-electron chi connectivity index (χ2n) is 9.04. The molecule has 4 heterocycles. The Hall–Kier alpha value is -4.99. The number of aromatic nitrogens is 3. The molecule has 38 heavy (non-hydrogen) atoms. The van der Waals surface area contributed by atoms with E-state index < -0.39 is 11.7 Å². The molecule has 0 atom stereocenters. The summed E-state index contributed by atoms with van der Waals surface area (Å²) >= 11 is 0. The van der Waals surface area contributed by atoms with Gasteiger partial charge >= 0.3 is 5.82 Å². The normalized spacial score (nSPS) is 15.4. The Morgan fingerprint density at radius 3 is 2.26 bits per heavy atom. The van der Waals surface area contributed by atoms with Gasteiger partial charge in [0.05, 0.1) is 5.56 Å². The molecule has 6 rings (SSSR count). The molecular formula is C28H24N7O3+. The number of amides is 2. The van der Waals surface area contributed by atoms with Gasteiger partial charge in [-0.25, -0.2) is 4.98 Å². The molecule has 10 nitrogen and oxygen atoms in total. The first kappa shape index (κ1) is 23.4. The minimum Gasteiger partial charge on any atom is -0.352 e. The molecule has 0 unspecified atom stereocenters. The fourth-order valence-electron chi connectivity index (χ4n) is 4.73. The van der Waals surface area contributed by atoms with Gasteiger partial charge in [0.25, 0.3) is 17.6 Å². The van der Waals surface area contributed by atoms with Crippen molar-refractivity contribution in [1.82, 2.24) is 24.8 Å². The van der Waals surface area contributed by atoms with Crippen LogP contribution in [0.2, 0.25) is 0 Å². The highest BCUT2D eigenvalue weighted by molar-refractivity contribution is 6.44. The number of benzene rings is 2. The molecule has 0 saturated carbocycles. The molecule has 2 aromatic carbocycles. The molecule has 2 aliphatic heterocycles. The first-order valence-electron chi connectivity index (χ1n) is 12.3. The van der Waals surface area contributed by atoms with E-state index in [4.69, 9.17) is 0 Å². The number of carbonyl (C=O) groups excluding carboxylic acids is 3. The van der Waals surface area contributed by atoms with Gasteiger partial charge in [-0.3, -0.25) is 14.4 Å². The lowest BCUT2D eigenvalue weighted by molar-refractivity contribution is -0.493. The number of Topliss-reactive ketones (excluding diaryl/α,β-unsaturated/α-hetero) is 1. The second-order valence-corrected chi connectivity index (χ2v) is 9.04. The highest BCUT2D eigenvalue weighted by Gasteiger charge is 2.32. The predicted molar refractivity (Wildman–Crippen MR) is 139 cm³/mol. The molecule has 0 spiro atoms. The Morgan fingerprint density at radius 2 is 1.53 bits per heavy atom. The third-order valence-electron chi connectivity index (χ3n) is 6.76. The Morgan fingerprint density at radius 1 is 0.842 bits per heavy atom. The third-order valence-corrected chi connectivity index (χ3v) is 6.76. The Kier molecular flexibility index (Phi) is 6.04. The summed E-state index contributed by atoms with van der Waals surface area (Å²) in [5.74, 6) is -0.819. The number of fused-ring (bicyclic) bond motifs is 1. The van der Waals surface area contributed by atoms with Crippen molar-refractivity contribution in [2.75, 3.05) is 32.7 Å². The first-order valence-corrected chi connectivity index (χ1v) is 12.3. The van der Waals surface area contributed by atoms with E-state index in [0.717, 1.165) is 11.3 Å². The van der Waals surface area contributed by atoms with Crippen molar-refractivity contribution >= 4 is 40.1 Å². The fraction of sp³-hybridized carbons (Fsp3) is 0.179. The zero-order valence-electron chi connectivity index (χ0n) is 20.4. The number of hydrogen-bond donors (Lipinski definition) is 1. The number of azo groups is 2. The number of hydrogen-bond acceptors (Lipinski definition) is 6. The van der Waals surface area contributed by atoms with Crippen molar-refractivity contribution in [2.45, 2.75) is 0 Å². The molecule has 1 N–H and O–H groups in total. The molecule has 2 aliphatic rings. The number of nitrogens with one attached hydrogen (secondary N) is 1. The van der Waals surface area contributed by atoms with Crippen LogP contribution in [0.25, 0.3) is 16.7 Å². The van der Waals surface area contributed by atoms with Crippen molar-refractivity contribution in [3.63, 3.8) is 0 Å². The van der Waals surface area contributed by atoms with Crippen LogP contribution in [0.5, 0.6) is 0 Å². The number of carbonyl (C=O) groups is 3. The van der Waals surface area contributed by atoms with Gasteiger partial charge in [0.1, 0.15) is 17.8 Å². The summed E-state index contributed by atoms with van der Waals surface area (Å²) in [5, 5.41) is 4.68. The topological polar surface area (TPSA) is 115 Å². The standard InChI is InChI=1S/C28H23N7O3/c36-25(28(38)34-15-13-33(14-16-34)27(37)20-9-5-2-6-10-20)21-17-29-24-23(21)30-18-31-26(24)35-12-11-22(32-35)19-7-3-1-4-8-19/h1-11,17-18H,12-16H2/p+1. The van der Waals surface area contributed by atoms with Crippen molar-refractivity contribution in [2.24, 2.45) is 5.11 Å². The molecule has 4 aromatic rings. The van der Waals surface area contributed by atoms with Gasteiger partial charge in [0.2, 0.25) is 6.33 Å². The highest BCUT2D eigenvalue weighted by Crippen LogP contribution is 2.29. The number of rotatable bonds is 5. The lowest BCUT2D eigenvalue weighted by atomic mass is 10.1. The molecule has 0 bridgehead atoms. The van der Waals surface area contributed by atoms with E-state index in [-0.39, 0.29) is 24.6 Å². The second kappa shape index (κ2) is 9.81. The molecular weight excluding hydrogens is 482 g/mol. The summed E-state index contributed by atoms with van der Waals surface area (Å²) < 4.78 is 1.74. The van der Waals surface area contributed by atoms with Crippen molar-refractivity contribution < 1.29 is 19.1 Å². The van der Waals surface area contributed by atoms with Crippen LogP contribution >= 0.6 is 0 Å². The summed E-state index contributed by atoms with van der Waals surface area (Å²) in [6.07, 6.45) is 4.88. The average Bonchev–Trinajstić information content (AvgIpc) is 3.65. The smallest absolute Gasteiger partial charge is 0.352 e. The van der Waals surface area contributed by atoms with Gasteiger partial charge in [0.15, 0.2) is 5.52 Å². The van der Waals surface area contributed by atoms with Crippen LogP contribution in [-0.4, -0.2) is 79.8 Å². The van der Waals surface area contributed by atoms with E-state index in [9.17, 15) is 14.4 Å². The Labute approximate surface area is 217 Å². The predicted octanol–water partition coefficient (Wildman–Crippen LogP) is 3.28. The maximum Gasteiger partial charge on any atom is 0.371 e. The van der Waals surface area contributed by atoms with Gasteiger partial charge in [-0.15, -0.1) is 4.70 Å². The number of H-pyrrole nitrogens is 1. The summed E-state index contributed by atoms with van der Waals surface area (Å²) in [6, 6.07) is 18.9. The third kappa shape index (κ3) is 4.26. The quantitative estimate of drug-likeness (QED) is 0.253. The first-order chi connectivity index (χ1) is 18.6. The largest absolute Gasteiger partial charge is 0.371 e. The molecule has 0 radical (unpaired) electrons. The number of ketones is 1. The number of nitrogens with zero attached hydrogens (tertiary/aromatic N) is 6. The van der Waals surface area contributed by atoms with Gasteiger partial charge in [0, 0.05) is 43.5 Å². The maximum absolute atomic E-state index is 13.2. The van der Waals surface area contributed by atoms with E-state index >= 15 is 0 Å². The molecule has 1 fully saturated rings. The van der Waals surface area contributed by atoms with E-state index in [2.05, 4.69) is 20.1 Å². The van der Waals surface area contributed by atoms with Crippen molar-refractivity contribution in [3.05, 3.63) is 96.0 Å². The summed E-state index contributed by atoms with van der Waals surface area (Å²) in [7, 11) is 0. The zero-order valence-corrected chi connectivity index (χ0v) is 20.4. The van der Waals surface area contributed by atoms with Crippen LogP contribution in [0, 0.1) is 0 Å². The minimum atomic E-state index is -0.648. The lowest BCUT2D eigenvalue weighted by Gasteiger charge is -2.34. The van der Waals surface area contributed by atoms with Crippen LogP contribution in [-0.2, 0) is 4.79 Å². The van der Waals surface area contributed by atoms with Crippen molar-refractivity contribution in [1.29, 1.82) is 0 Å². The monoisotopic (exact) mass is 506 g/mol. The zero-order chi connectivity index (χ0) is 26.1. The van der Waals surface area contributed by atoms with E-state index in [1.54, 1.807) is 21.7 Å². The van der Waals surface area contributed by atoms with Crippen LogP contribution in [0.3, 0.4) is 0 Å². The minimum absolute atomic E-state index is 0.0814. The highest BCUT2D eigenvalue weighted by atomic mass is 16.2. The van der Waals surface area contributed by atoms with Crippen LogP contribution < -0.4 is 0 Å². The maximum atomic E-state index is 13.2. The molecule has 1 saturated heterocycles. The summed E-state index contributed by atoms with van der Waals surface area (Å²) in [6.45, 7) is 1.81. The van der Waals surface area contributed by atoms with Crippen molar-refractivity contribution in [3.8, 4) is 0 Å². The van der Waals surface area contributed by atoms with E-state index in [1.807, 2.05) is 54.6 Å². The molecule has 0 aliphatic carbocycles. The Bertz CT molecular complexity index is 1600. The SMILES string of the molecule is O=C(C(=O)N1CCN(C(=O)c2ccccc2)CC1)c1c[nH]c2c([N+]3=NC(c4ccccc4)=CC3)ncnc12. The number of piperazine rings is 1. The van der Waals surface area contributed by atoms with Gasteiger partial charge < -0.3 is 14.8 Å². The molecule has 188 valence electrons. The van der Waals surface area contributed by atoms with Gasteiger partial charge in [-0.2, -0.15) is 0 Å². The van der Waals surface area contributed by atoms with Crippen LogP contribution in [0.15, 0.2) is 84.4 Å². The molecule has 2 aromatic heterocycles. The fourth-order valence-corrected chi connectivity index (χ4v) is 4.73. The summed E-state index contributed by atoms with van der Waals surface area (Å²) in [5.41, 5.74) is 3.53. The van der Waals surface area contributed by atoms with E-state index in [1.165, 1.54) is 17.4 Å². The lowest BCUT2D eigenvalue weighted by Crippen LogP contribution is -2.52. The average molecular weight is 507 g/mol. The van der Waals surface area contributed by atoms with Crippen LogP contribution in [0.1, 0.15) is 26.3 Å². The van der Waals surface area contributed by atoms with Gasteiger partial charge in [-0.1, -0.05) is 53.6 Å². The van der Waals surface area contributed by atoms with E-state index in [0.29, 0.717) is 42.0 Å². The van der Waals surface area contributed by atoms with Crippen LogP contribution in [0.4, 0.5) is 5.82 Å².